The lowest BCUT2D eigenvalue weighted by Gasteiger charge is -2.42. The van der Waals surface area contributed by atoms with E-state index in [1.54, 1.807) is 12.2 Å². The number of hydrogen-bond donors (Lipinski definition) is 0. The smallest absolute Gasteiger partial charge is 0.308 e. The van der Waals surface area contributed by atoms with Gasteiger partial charge in [-0.1, -0.05) is 78.1 Å². The van der Waals surface area contributed by atoms with Crippen LogP contribution in [0.15, 0.2) is 24.3 Å². The zero-order valence-corrected chi connectivity index (χ0v) is 24.3. The molecule has 0 aromatic rings. The van der Waals surface area contributed by atoms with Gasteiger partial charge in [-0.25, -0.2) is 0 Å². The zero-order chi connectivity index (χ0) is 28.0. The summed E-state index contributed by atoms with van der Waals surface area (Å²) in [6.07, 6.45) is 21.9. The van der Waals surface area contributed by atoms with Crippen LogP contribution in [0.25, 0.3) is 0 Å². The predicted octanol–water partition coefficient (Wildman–Crippen LogP) is 7.06. The molecule has 2 heterocycles. The molecule has 7 heteroatoms. The molecule has 0 radical (unpaired) electrons. The van der Waals surface area contributed by atoms with E-state index in [2.05, 4.69) is 13.8 Å². The van der Waals surface area contributed by atoms with E-state index in [1.807, 2.05) is 0 Å². The van der Waals surface area contributed by atoms with Crippen molar-refractivity contribution in [1.82, 2.24) is 0 Å². The maximum Gasteiger partial charge on any atom is 0.308 e. The fraction of sp³-hybridized carbons (Fsp3) is 0.781. The van der Waals surface area contributed by atoms with E-state index in [1.165, 1.54) is 50.7 Å². The Balaban J connectivity index is 1.50. The molecule has 3 aliphatic rings. The minimum absolute atomic E-state index is 0.0678. The van der Waals surface area contributed by atoms with Gasteiger partial charge in [0.05, 0.1) is 19.1 Å². The summed E-state index contributed by atoms with van der Waals surface area (Å²) in [5.74, 6) is -1.54. The SMILES string of the molecule is CCCCCCCCCCOC(=O)CC1CC(OC(=O)CCCCCC)CC2(CCC3(C=CC(=O)C=C3)O2)O1. The van der Waals surface area contributed by atoms with Crippen molar-refractivity contribution in [2.75, 3.05) is 6.61 Å². The summed E-state index contributed by atoms with van der Waals surface area (Å²) in [6, 6.07) is 0. The fourth-order valence-electron chi connectivity index (χ4n) is 5.80. The van der Waals surface area contributed by atoms with Gasteiger partial charge in [-0.05, 0) is 43.6 Å². The minimum Gasteiger partial charge on any atom is -0.466 e. The fourth-order valence-corrected chi connectivity index (χ4v) is 5.80. The Morgan fingerprint density at radius 2 is 1.51 bits per heavy atom. The van der Waals surface area contributed by atoms with Gasteiger partial charge in [0.15, 0.2) is 11.6 Å². The molecular weight excluding hydrogens is 496 g/mol. The normalized spacial score (nSPS) is 25.4. The molecule has 0 aromatic carbocycles. The molecule has 0 bridgehead atoms. The van der Waals surface area contributed by atoms with E-state index >= 15 is 0 Å². The first kappa shape index (κ1) is 31.5. The molecule has 0 N–H and O–H groups in total. The highest BCUT2D eigenvalue weighted by molar-refractivity contribution is 6.00. The number of hydrogen-bond acceptors (Lipinski definition) is 7. The Morgan fingerprint density at radius 1 is 0.872 bits per heavy atom. The van der Waals surface area contributed by atoms with E-state index < -0.39 is 23.6 Å². The van der Waals surface area contributed by atoms with Crippen LogP contribution >= 0.6 is 0 Å². The van der Waals surface area contributed by atoms with Crippen molar-refractivity contribution in [3.05, 3.63) is 24.3 Å². The number of carbonyl (C=O) groups is 3. The molecule has 3 unspecified atom stereocenters. The minimum atomic E-state index is -0.969. The highest BCUT2D eigenvalue weighted by Gasteiger charge is 2.53. The van der Waals surface area contributed by atoms with Gasteiger partial charge in [0.25, 0.3) is 0 Å². The third-order valence-corrected chi connectivity index (χ3v) is 7.97. The van der Waals surface area contributed by atoms with Crippen LogP contribution in [0.1, 0.15) is 129 Å². The molecule has 220 valence electrons. The van der Waals surface area contributed by atoms with Crippen molar-refractivity contribution in [1.29, 1.82) is 0 Å². The number of carbonyl (C=O) groups excluding carboxylic acids is 3. The number of unbranched alkanes of at least 4 members (excludes halogenated alkanes) is 10. The van der Waals surface area contributed by atoms with Crippen LogP contribution in [0, 0.1) is 0 Å². The number of ether oxygens (including phenoxy) is 4. The summed E-state index contributed by atoms with van der Waals surface area (Å²) < 4.78 is 24.3. The third-order valence-electron chi connectivity index (χ3n) is 7.97. The molecule has 1 aliphatic carbocycles. The molecule has 0 amide bonds. The van der Waals surface area contributed by atoms with Gasteiger partial charge in [-0.2, -0.15) is 0 Å². The second-order valence-electron chi connectivity index (χ2n) is 11.5. The predicted molar refractivity (Wildman–Crippen MR) is 150 cm³/mol. The first-order valence-electron chi connectivity index (χ1n) is 15.5. The van der Waals surface area contributed by atoms with E-state index in [-0.39, 0.29) is 24.1 Å². The second-order valence-corrected chi connectivity index (χ2v) is 11.5. The maximum absolute atomic E-state index is 12.7. The van der Waals surface area contributed by atoms with Crippen LogP contribution in [-0.4, -0.2) is 47.9 Å². The monoisotopic (exact) mass is 546 g/mol. The van der Waals surface area contributed by atoms with Gasteiger partial charge < -0.3 is 18.9 Å². The summed E-state index contributed by atoms with van der Waals surface area (Å²) in [4.78, 5) is 36.9. The zero-order valence-electron chi connectivity index (χ0n) is 24.3. The van der Waals surface area contributed by atoms with E-state index in [0.29, 0.717) is 38.7 Å². The van der Waals surface area contributed by atoms with E-state index in [4.69, 9.17) is 18.9 Å². The van der Waals surface area contributed by atoms with E-state index in [9.17, 15) is 14.4 Å². The Hall–Kier alpha value is -1.99. The van der Waals surface area contributed by atoms with Crippen molar-refractivity contribution in [2.24, 2.45) is 0 Å². The Bertz CT molecular complexity index is 831. The highest BCUT2D eigenvalue weighted by Crippen LogP contribution is 2.48. The summed E-state index contributed by atoms with van der Waals surface area (Å²) in [7, 11) is 0. The quantitative estimate of drug-likeness (QED) is 0.142. The maximum atomic E-state index is 12.7. The molecule has 7 nitrogen and oxygen atoms in total. The van der Waals surface area contributed by atoms with Gasteiger partial charge in [-0.3, -0.25) is 14.4 Å². The van der Waals surface area contributed by atoms with Crippen molar-refractivity contribution in [2.45, 2.75) is 153 Å². The summed E-state index contributed by atoms with van der Waals surface area (Å²) in [6.45, 7) is 4.79. The van der Waals surface area contributed by atoms with Crippen molar-refractivity contribution in [3.63, 3.8) is 0 Å². The molecule has 39 heavy (non-hydrogen) atoms. The van der Waals surface area contributed by atoms with Gasteiger partial charge in [0.1, 0.15) is 11.7 Å². The van der Waals surface area contributed by atoms with E-state index in [0.717, 1.165) is 38.5 Å². The van der Waals surface area contributed by atoms with Gasteiger partial charge in [0.2, 0.25) is 0 Å². The summed E-state index contributed by atoms with van der Waals surface area (Å²) in [5.41, 5.74) is -0.707. The van der Waals surface area contributed by atoms with Crippen LogP contribution in [0.4, 0.5) is 0 Å². The lowest BCUT2D eigenvalue weighted by atomic mass is 9.91. The van der Waals surface area contributed by atoms with Gasteiger partial charge in [-0.15, -0.1) is 0 Å². The van der Waals surface area contributed by atoms with Gasteiger partial charge >= 0.3 is 11.9 Å². The molecule has 0 aromatic heterocycles. The Morgan fingerprint density at radius 3 is 2.21 bits per heavy atom. The topological polar surface area (TPSA) is 88.1 Å². The number of esters is 2. The lowest BCUT2D eigenvalue weighted by molar-refractivity contribution is -0.292. The number of allylic oxidation sites excluding steroid dienone is 2. The molecule has 2 aliphatic heterocycles. The first-order chi connectivity index (χ1) is 18.9. The highest BCUT2D eigenvalue weighted by atomic mass is 16.7. The molecule has 3 rings (SSSR count). The Labute approximate surface area is 235 Å². The molecular formula is C32H50O7. The molecule has 2 fully saturated rings. The molecule has 0 saturated carbocycles. The third kappa shape index (κ3) is 10.8. The summed E-state index contributed by atoms with van der Waals surface area (Å²) >= 11 is 0. The largest absolute Gasteiger partial charge is 0.466 e. The number of ketones is 1. The average Bonchev–Trinajstić information content (AvgIpc) is 3.23. The first-order valence-corrected chi connectivity index (χ1v) is 15.5. The average molecular weight is 547 g/mol. The molecule has 3 atom stereocenters. The van der Waals surface area contributed by atoms with Crippen LogP contribution in [0.5, 0.6) is 0 Å². The van der Waals surface area contributed by atoms with Crippen molar-refractivity contribution in [3.8, 4) is 0 Å². The van der Waals surface area contributed by atoms with Crippen molar-refractivity contribution >= 4 is 17.7 Å². The second kappa shape index (κ2) is 16.3. The van der Waals surface area contributed by atoms with Gasteiger partial charge in [0, 0.05) is 25.7 Å². The van der Waals surface area contributed by atoms with Crippen LogP contribution in [0.2, 0.25) is 0 Å². The van der Waals surface area contributed by atoms with Crippen LogP contribution < -0.4 is 0 Å². The van der Waals surface area contributed by atoms with Crippen LogP contribution in [-0.2, 0) is 33.3 Å². The molecule has 2 spiro atoms. The van der Waals surface area contributed by atoms with Crippen LogP contribution in [0.3, 0.4) is 0 Å². The Kier molecular flexibility index (Phi) is 13.2. The standard InChI is InChI=1S/C32H50O7/c1-3-5-7-9-10-11-12-14-22-36-30(35)24-27-23-28(37-29(34)15-13-8-6-4-2)25-32(38-27)21-20-31(39-32)18-16-26(33)17-19-31/h16-19,27-28H,3-15,20-25H2,1-2H3. The molecule has 2 saturated heterocycles. The number of rotatable bonds is 17. The van der Waals surface area contributed by atoms with Crippen molar-refractivity contribution < 1.29 is 33.3 Å². The summed E-state index contributed by atoms with van der Waals surface area (Å²) in [5, 5.41) is 0. The lowest BCUT2D eigenvalue weighted by Crippen LogP contribution is -2.49.